The molecular formula is C24H22F3N2P. The van der Waals surface area contributed by atoms with Crippen LogP contribution in [0.4, 0.5) is 30.2 Å². The van der Waals surface area contributed by atoms with Gasteiger partial charge in [-0.2, -0.15) is 0 Å². The van der Waals surface area contributed by atoms with E-state index in [-0.39, 0.29) is 25.1 Å². The molecule has 1 aliphatic heterocycles. The molecule has 1 N–H and O–H groups in total. The number of nitrogens with one attached hydrogen (secondary N) is 1. The van der Waals surface area contributed by atoms with Crippen LogP contribution in [0.15, 0.2) is 29.3 Å². The highest BCUT2D eigenvalue weighted by molar-refractivity contribution is 7.56. The van der Waals surface area contributed by atoms with Crippen molar-refractivity contribution in [2.24, 2.45) is 4.99 Å². The molecule has 1 unspecified atom stereocenters. The Kier molecular flexibility index (Phi) is 5.19. The first kappa shape index (κ1) is 20.6. The monoisotopic (exact) mass is 426 g/mol. The zero-order valence-corrected chi connectivity index (χ0v) is 18.5. The lowest BCUT2D eigenvalue weighted by Crippen LogP contribution is -2.26. The van der Waals surface area contributed by atoms with Gasteiger partial charge in [0.1, 0.15) is 0 Å². The third-order valence-electron chi connectivity index (χ3n) is 5.31. The smallest absolute Gasteiger partial charge is 0.195 e. The van der Waals surface area contributed by atoms with E-state index in [0.717, 1.165) is 38.8 Å². The van der Waals surface area contributed by atoms with Crippen molar-refractivity contribution in [2.45, 2.75) is 34.6 Å². The summed E-state index contributed by atoms with van der Waals surface area (Å²) in [7, 11) is -0.117. The Labute approximate surface area is 176 Å². The van der Waals surface area contributed by atoms with Crippen molar-refractivity contribution >= 4 is 42.5 Å². The van der Waals surface area contributed by atoms with E-state index in [1.807, 2.05) is 58.9 Å². The Morgan fingerprint density at radius 3 is 2.03 bits per heavy atom. The van der Waals surface area contributed by atoms with Crippen LogP contribution in [-0.2, 0) is 0 Å². The molecule has 6 heteroatoms. The van der Waals surface area contributed by atoms with Crippen molar-refractivity contribution in [1.82, 2.24) is 0 Å². The fraction of sp³-hybridized carbons (Fsp3) is 0.208. The van der Waals surface area contributed by atoms with Gasteiger partial charge in [0, 0.05) is 22.5 Å². The summed E-state index contributed by atoms with van der Waals surface area (Å²) in [6.45, 7) is 9.73. The van der Waals surface area contributed by atoms with Crippen molar-refractivity contribution < 1.29 is 13.2 Å². The van der Waals surface area contributed by atoms with E-state index in [1.165, 1.54) is 6.21 Å². The van der Waals surface area contributed by atoms with Crippen LogP contribution in [0, 0.1) is 52.1 Å². The van der Waals surface area contributed by atoms with Crippen molar-refractivity contribution in [3.8, 4) is 0 Å². The summed E-state index contributed by atoms with van der Waals surface area (Å²) in [4.78, 5) is 4.46. The number of hydrogen-bond donors (Lipinski definition) is 1. The number of anilines is 2. The molecule has 1 aliphatic rings. The Bertz CT molecular complexity index is 1210. The minimum Gasteiger partial charge on any atom is -0.354 e. The molecule has 3 aromatic carbocycles. The normalized spacial score (nSPS) is 13.5. The SMILES string of the molecule is Cc1cc(C)c(N=Cc2c(F)c(F)c(F)c3c2Nc2c(C)cc(C)cc2P3)c(C)c1. The van der Waals surface area contributed by atoms with E-state index in [0.29, 0.717) is 5.69 Å². The lowest BCUT2D eigenvalue weighted by molar-refractivity contribution is 0.451. The number of benzene rings is 3. The van der Waals surface area contributed by atoms with Crippen molar-refractivity contribution in [2.75, 3.05) is 5.32 Å². The summed E-state index contributed by atoms with van der Waals surface area (Å²) in [5.41, 5.74) is 6.68. The standard InChI is InChI=1S/C24H22F3N2P/c1-11-6-13(3)21(14(4)7-11)28-10-16-18(25)19(26)20(27)24-23(16)29-22-15(5)8-12(2)9-17(22)30-24/h6-10,29-30H,1-5H3. The maximum absolute atomic E-state index is 14.8. The van der Waals surface area contributed by atoms with Gasteiger partial charge in [0.05, 0.1) is 16.9 Å². The summed E-state index contributed by atoms with van der Waals surface area (Å²) in [5.74, 6) is -3.84. The van der Waals surface area contributed by atoms with Gasteiger partial charge in [0.25, 0.3) is 0 Å². The minimum atomic E-state index is -1.46. The molecule has 4 rings (SSSR count). The van der Waals surface area contributed by atoms with E-state index < -0.39 is 17.5 Å². The van der Waals surface area contributed by atoms with Crippen LogP contribution in [0.2, 0.25) is 0 Å². The predicted octanol–water partition coefficient (Wildman–Crippen LogP) is 6.08. The van der Waals surface area contributed by atoms with Crippen LogP contribution in [0.3, 0.4) is 0 Å². The predicted molar refractivity (Wildman–Crippen MR) is 121 cm³/mol. The maximum Gasteiger partial charge on any atom is 0.195 e. The van der Waals surface area contributed by atoms with E-state index in [2.05, 4.69) is 10.3 Å². The molecule has 0 radical (unpaired) electrons. The topological polar surface area (TPSA) is 24.4 Å². The van der Waals surface area contributed by atoms with Crippen LogP contribution < -0.4 is 15.9 Å². The summed E-state index contributed by atoms with van der Waals surface area (Å²) in [6, 6.07) is 7.92. The molecule has 1 heterocycles. The summed E-state index contributed by atoms with van der Waals surface area (Å²) in [5, 5.41) is 4.19. The molecule has 154 valence electrons. The molecule has 0 aliphatic carbocycles. The number of nitrogens with zero attached hydrogens (tertiary/aromatic N) is 1. The number of fused-ring (bicyclic) bond motifs is 2. The molecule has 0 bridgehead atoms. The van der Waals surface area contributed by atoms with Gasteiger partial charge in [0.2, 0.25) is 0 Å². The molecule has 0 spiro atoms. The van der Waals surface area contributed by atoms with Gasteiger partial charge >= 0.3 is 0 Å². The van der Waals surface area contributed by atoms with Gasteiger partial charge in [-0.05, 0) is 57.4 Å². The summed E-state index contributed by atoms with van der Waals surface area (Å²) < 4.78 is 43.9. The third kappa shape index (κ3) is 3.41. The van der Waals surface area contributed by atoms with Gasteiger partial charge in [-0.3, -0.25) is 4.99 Å². The second-order valence-corrected chi connectivity index (χ2v) is 9.15. The molecule has 0 amide bonds. The highest BCUT2D eigenvalue weighted by Gasteiger charge is 2.29. The van der Waals surface area contributed by atoms with Crippen molar-refractivity contribution in [3.05, 3.63) is 75.1 Å². The zero-order valence-electron chi connectivity index (χ0n) is 17.5. The number of rotatable bonds is 2. The molecule has 0 fully saturated rings. The summed E-state index contributed by atoms with van der Waals surface area (Å²) >= 11 is 0. The fourth-order valence-corrected chi connectivity index (χ4v) is 5.54. The average Bonchev–Trinajstić information content (AvgIpc) is 2.67. The third-order valence-corrected chi connectivity index (χ3v) is 6.69. The van der Waals surface area contributed by atoms with Crippen LogP contribution in [-0.4, -0.2) is 6.21 Å². The van der Waals surface area contributed by atoms with Gasteiger partial charge in [-0.1, -0.05) is 37.9 Å². The molecule has 3 aromatic rings. The Hall–Kier alpha value is -2.65. The zero-order chi connectivity index (χ0) is 21.7. The Morgan fingerprint density at radius 2 is 1.37 bits per heavy atom. The van der Waals surface area contributed by atoms with E-state index in [4.69, 9.17) is 0 Å². The van der Waals surface area contributed by atoms with Crippen LogP contribution in [0.1, 0.15) is 33.4 Å². The number of aryl methyl sites for hydroxylation is 5. The van der Waals surface area contributed by atoms with Crippen molar-refractivity contribution in [1.29, 1.82) is 0 Å². The highest BCUT2D eigenvalue weighted by atomic mass is 31.1. The largest absolute Gasteiger partial charge is 0.354 e. The minimum absolute atomic E-state index is 0.0681. The lowest BCUT2D eigenvalue weighted by Gasteiger charge is -2.26. The van der Waals surface area contributed by atoms with Crippen LogP contribution >= 0.6 is 8.58 Å². The lowest BCUT2D eigenvalue weighted by atomic mass is 10.1. The molecule has 1 atom stereocenters. The second-order valence-electron chi connectivity index (χ2n) is 7.87. The Balaban J connectivity index is 1.88. The van der Waals surface area contributed by atoms with Crippen LogP contribution in [0.5, 0.6) is 0 Å². The number of aliphatic imine (C=N–C) groups is 1. The first-order valence-corrected chi connectivity index (χ1v) is 10.6. The summed E-state index contributed by atoms with van der Waals surface area (Å²) in [6.07, 6.45) is 1.30. The van der Waals surface area contributed by atoms with E-state index in [1.54, 1.807) is 0 Å². The van der Waals surface area contributed by atoms with Gasteiger partial charge < -0.3 is 5.32 Å². The molecular weight excluding hydrogens is 404 g/mol. The van der Waals surface area contributed by atoms with Crippen LogP contribution in [0.25, 0.3) is 0 Å². The first-order chi connectivity index (χ1) is 14.2. The number of halogens is 3. The van der Waals surface area contributed by atoms with E-state index >= 15 is 0 Å². The maximum atomic E-state index is 14.8. The van der Waals surface area contributed by atoms with Gasteiger partial charge in [-0.15, -0.1) is 0 Å². The van der Waals surface area contributed by atoms with Gasteiger partial charge in [-0.25, -0.2) is 13.2 Å². The molecule has 0 aromatic heterocycles. The van der Waals surface area contributed by atoms with E-state index in [9.17, 15) is 13.2 Å². The van der Waals surface area contributed by atoms with Gasteiger partial charge in [0.15, 0.2) is 17.5 Å². The quantitative estimate of drug-likeness (QED) is 0.234. The molecule has 2 nitrogen and oxygen atoms in total. The molecule has 0 saturated carbocycles. The highest BCUT2D eigenvalue weighted by Crippen LogP contribution is 2.37. The molecule has 0 saturated heterocycles. The second kappa shape index (κ2) is 7.55. The number of hydrogen-bond acceptors (Lipinski definition) is 2. The Morgan fingerprint density at radius 1 is 0.767 bits per heavy atom. The molecule has 30 heavy (non-hydrogen) atoms. The van der Waals surface area contributed by atoms with Crippen molar-refractivity contribution in [3.63, 3.8) is 0 Å². The average molecular weight is 426 g/mol. The fourth-order valence-electron chi connectivity index (χ4n) is 4.04. The first-order valence-electron chi connectivity index (χ1n) is 9.65.